The number of amides is 1. The van der Waals surface area contributed by atoms with Crippen molar-refractivity contribution < 1.29 is 9.72 Å². The zero-order valence-corrected chi connectivity index (χ0v) is 8.70. The third-order valence-electron chi connectivity index (χ3n) is 2.22. The Morgan fingerprint density at radius 3 is 2.93 bits per heavy atom. The molecule has 15 heavy (non-hydrogen) atoms. The Bertz CT molecular complexity index is 404. The summed E-state index contributed by atoms with van der Waals surface area (Å²) >= 11 is 0.946. The van der Waals surface area contributed by atoms with Crippen LogP contribution >= 0.6 is 11.3 Å². The van der Waals surface area contributed by atoms with Gasteiger partial charge in [-0.1, -0.05) is 0 Å². The van der Waals surface area contributed by atoms with Gasteiger partial charge in [-0.25, -0.2) is 4.98 Å². The molecule has 0 unspecified atom stereocenters. The minimum absolute atomic E-state index is 0.00509. The number of hydrogen-bond acceptors (Lipinski definition) is 5. The second-order valence-corrected chi connectivity index (χ2v) is 4.23. The van der Waals surface area contributed by atoms with Gasteiger partial charge < -0.3 is 0 Å². The van der Waals surface area contributed by atoms with Crippen LogP contribution in [0.2, 0.25) is 0 Å². The molecule has 0 spiro atoms. The van der Waals surface area contributed by atoms with Crippen molar-refractivity contribution in [2.75, 3.05) is 11.4 Å². The fourth-order valence-electron chi connectivity index (χ4n) is 1.47. The summed E-state index contributed by atoms with van der Waals surface area (Å²) in [6.45, 7) is 0.615. The molecule has 80 valence electrons. The van der Waals surface area contributed by atoms with Crippen molar-refractivity contribution in [3.63, 3.8) is 0 Å². The van der Waals surface area contributed by atoms with Crippen LogP contribution in [-0.4, -0.2) is 22.4 Å². The lowest BCUT2D eigenvalue weighted by Gasteiger charge is -2.23. The molecule has 2 heterocycles. The molecular weight excluding hydrogens is 218 g/mol. The minimum atomic E-state index is -0.490. The van der Waals surface area contributed by atoms with Gasteiger partial charge in [0.1, 0.15) is 6.20 Å². The van der Waals surface area contributed by atoms with Crippen molar-refractivity contribution in [1.82, 2.24) is 4.98 Å². The van der Waals surface area contributed by atoms with Crippen molar-refractivity contribution in [2.24, 2.45) is 0 Å². The van der Waals surface area contributed by atoms with Crippen LogP contribution in [0.15, 0.2) is 6.20 Å². The van der Waals surface area contributed by atoms with Crippen LogP contribution < -0.4 is 4.90 Å². The highest BCUT2D eigenvalue weighted by atomic mass is 32.1. The summed E-state index contributed by atoms with van der Waals surface area (Å²) in [5.41, 5.74) is 0. The molecule has 0 aromatic carbocycles. The molecule has 0 radical (unpaired) electrons. The zero-order valence-electron chi connectivity index (χ0n) is 7.88. The summed E-state index contributed by atoms with van der Waals surface area (Å²) < 4.78 is 0. The van der Waals surface area contributed by atoms with Crippen LogP contribution in [0.25, 0.3) is 0 Å². The Labute approximate surface area is 89.7 Å². The Hall–Kier alpha value is -1.50. The first-order valence-electron chi connectivity index (χ1n) is 4.59. The number of thiazole rings is 1. The maximum Gasteiger partial charge on any atom is 0.345 e. The molecule has 0 saturated carbocycles. The van der Waals surface area contributed by atoms with Crippen LogP contribution in [0.3, 0.4) is 0 Å². The van der Waals surface area contributed by atoms with Gasteiger partial charge in [-0.3, -0.25) is 19.8 Å². The normalized spacial score (nSPS) is 16.8. The average molecular weight is 227 g/mol. The Balaban J connectivity index is 2.20. The Kier molecular flexibility index (Phi) is 2.63. The van der Waals surface area contributed by atoms with E-state index in [4.69, 9.17) is 0 Å². The molecule has 2 rings (SSSR count). The lowest BCUT2D eigenvalue weighted by molar-refractivity contribution is -0.380. The number of carbonyl (C=O) groups is 1. The first-order valence-corrected chi connectivity index (χ1v) is 5.41. The van der Waals surface area contributed by atoms with Crippen molar-refractivity contribution in [1.29, 1.82) is 0 Å². The van der Waals surface area contributed by atoms with Crippen molar-refractivity contribution in [2.45, 2.75) is 19.3 Å². The molecule has 1 aromatic heterocycles. The number of nitrogens with zero attached hydrogens (tertiary/aromatic N) is 3. The quantitative estimate of drug-likeness (QED) is 0.567. The predicted octanol–water partition coefficient (Wildman–Crippen LogP) is 1.57. The molecule has 1 aromatic rings. The highest BCUT2D eigenvalue weighted by molar-refractivity contribution is 7.18. The maximum atomic E-state index is 11.5. The maximum absolute atomic E-state index is 11.5. The Morgan fingerprint density at radius 2 is 2.33 bits per heavy atom. The second-order valence-electron chi connectivity index (χ2n) is 3.24. The Morgan fingerprint density at radius 1 is 1.53 bits per heavy atom. The molecule has 1 fully saturated rings. The highest BCUT2D eigenvalue weighted by Gasteiger charge is 2.24. The van der Waals surface area contributed by atoms with Gasteiger partial charge in [-0.15, -0.1) is 0 Å². The highest BCUT2D eigenvalue weighted by Crippen LogP contribution is 2.30. The molecular formula is C8H9N3O3S. The first-order chi connectivity index (χ1) is 7.18. The van der Waals surface area contributed by atoms with E-state index in [-0.39, 0.29) is 10.9 Å². The van der Waals surface area contributed by atoms with E-state index in [0.717, 1.165) is 24.2 Å². The summed E-state index contributed by atoms with van der Waals surface area (Å²) in [6.07, 6.45) is 3.52. The van der Waals surface area contributed by atoms with E-state index in [2.05, 4.69) is 4.98 Å². The molecule has 0 bridgehead atoms. The van der Waals surface area contributed by atoms with Gasteiger partial charge in [-0.05, 0) is 24.2 Å². The molecule has 1 amide bonds. The summed E-state index contributed by atoms with van der Waals surface area (Å²) in [7, 11) is 0. The monoisotopic (exact) mass is 227 g/mol. The van der Waals surface area contributed by atoms with Crippen LogP contribution in [0.1, 0.15) is 19.3 Å². The molecule has 0 N–H and O–H groups in total. The van der Waals surface area contributed by atoms with Crippen molar-refractivity contribution in [3.8, 4) is 0 Å². The topological polar surface area (TPSA) is 76.3 Å². The lowest BCUT2D eigenvalue weighted by Crippen LogP contribution is -2.34. The zero-order chi connectivity index (χ0) is 10.8. The largest absolute Gasteiger partial charge is 0.345 e. The van der Waals surface area contributed by atoms with E-state index < -0.39 is 4.92 Å². The van der Waals surface area contributed by atoms with Gasteiger partial charge in [0.05, 0.1) is 4.92 Å². The van der Waals surface area contributed by atoms with Crippen LogP contribution in [0.4, 0.5) is 10.1 Å². The average Bonchev–Trinajstić information content (AvgIpc) is 2.67. The fraction of sp³-hybridized carbons (Fsp3) is 0.500. The summed E-state index contributed by atoms with van der Waals surface area (Å²) in [5.74, 6) is 0.00509. The van der Waals surface area contributed by atoms with Crippen LogP contribution in [0, 0.1) is 10.1 Å². The van der Waals surface area contributed by atoms with Gasteiger partial charge in [-0.2, -0.15) is 0 Å². The molecule has 1 aliphatic rings. The standard InChI is InChI=1S/C8H9N3O3S/c12-6-3-1-2-4-10(6)8-9-5-7(15-8)11(13)14/h5H,1-4H2. The number of nitro groups is 1. The predicted molar refractivity (Wildman–Crippen MR) is 55.0 cm³/mol. The number of piperidine rings is 1. The molecule has 0 atom stereocenters. The van der Waals surface area contributed by atoms with E-state index in [0.29, 0.717) is 18.1 Å². The summed E-state index contributed by atoms with van der Waals surface area (Å²) in [4.78, 5) is 26.9. The molecule has 7 heteroatoms. The van der Waals surface area contributed by atoms with Gasteiger partial charge in [0.15, 0.2) is 5.13 Å². The van der Waals surface area contributed by atoms with Gasteiger partial charge in [0.25, 0.3) is 0 Å². The number of aromatic nitrogens is 1. The van der Waals surface area contributed by atoms with Crippen molar-refractivity contribution in [3.05, 3.63) is 16.3 Å². The lowest BCUT2D eigenvalue weighted by atomic mass is 10.1. The minimum Gasteiger partial charge on any atom is -0.288 e. The van der Waals surface area contributed by atoms with Crippen LogP contribution in [-0.2, 0) is 4.79 Å². The third kappa shape index (κ3) is 1.96. The van der Waals surface area contributed by atoms with E-state index >= 15 is 0 Å². The molecule has 1 aliphatic heterocycles. The summed E-state index contributed by atoms with van der Waals surface area (Å²) in [5, 5.41) is 10.9. The van der Waals surface area contributed by atoms with E-state index in [1.807, 2.05) is 0 Å². The van der Waals surface area contributed by atoms with E-state index in [9.17, 15) is 14.9 Å². The second kappa shape index (κ2) is 3.93. The third-order valence-corrected chi connectivity index (χ3v) is 3.19. The number of anilines is 1. The smallest absolute Gasteiger partial charge is 0.288 e. The fourth-order valence-corrected chi connectivity index (χ4v) is 2.25. The van der Waals surface area contributed by atoms with Gasteiger partial charge in [0.2, 0.25) is 5.91 Å². The van der Waals surface area contributed by atoms with E-state index in [1.54, 1.807) is 0 Å². The van der Waals surface area contributed by atoms with Crippen LogP contribution in [0.5, 0.6) is 0 Å². The molecule has 6 nitrogen and oxygen atoms in total. The molecule has 0 aliphatic carbocycles. The first kappa shape index (κ1) is 10.0. The van der Waals surface area contributed by atoms with Gasteiger partial charge >= 0.3 is 5.00 Å². The number of hydrogen-bond donors (Lipinski definition) is 0. The number of rotatable bonds is 2. The van der Waals surface area contributed by atoms with E-state index in [1.165, 1.54) is 11.1 Å². The summed E-state index contributed by atoms with van der Waals surface area (Å²) in [6, 6.07) is 0. The SMILES string of the molecule is O=C1CCCCN1c1ncc([N+](=O)[O-])s1. The number of carbonyl (C=O) groups excluding carboxylic acids is 1. The molecule has 1 saturated heterocycles. The van der Waals surface area contributed by atoms with Gasteiger partial charge in [0, 0.05) is 13.0 Å². The van der Waals surface area contributed by atoms with Crippen molar-refractivity contribution >= 4 is 27.4 Å².